The van der Waals surface area contributed by atoms with Crippen molar-refractivity contribution in [3.8, 4) is 5.75 Å². The van der Waals surface area contributed by atoms with Gasteiger partial charge in [0.1, 0.15) is 17.1 Å². The van der Waals surface area contributed by atoms with E-state index in [1.807, 2.05) is 5.32 Å². The number of amides is 1. The van der Waals surface area contributed by atoms with Crippen LogP contribution in [0.2, 0.25) is 0 Å². The number of rotatable bonds is 5. The maximum Gasteiger partial charge on any atom is 0.471 e. The van der Waals surface area contributed by atoms with Gasteiger partial charge in [0, 0.05) is 48.3 Å². The topological polar surface area (TPSA) is 110 Å². The number of methoxy groups -OCH3 is 1. The van der Waals surface area contributed by atoms with E-state index in [9.17, 15) is 32.7 Å². The molecule has 1 aromatic heterocycles. The summed E-state index contributed by atoms with van der Waals surface area (Å²) in [6.07, 6.45) is -2.00. The molecule has 0 bridgehead atoms. The highest BCUT2D eigenvalue weighted by Gasteiger charge is 2.64. The molecule has 2 aliphatic carbocycles. The van der Waals surface area contributed by atoms with E-state index in [1.54, 1.807) is 4.57 Å². The predicted octanol–water partition coefficient (Wildman–Crippen LogP) is 2.31. The van der Waals surface area contributed by atoms with Crippen LogP contribution in [0, 0.1) is 11.2 Å². The van der Waals surface area contributed by atoms with Gasteiger partial charge in [-0.1, -0.05) is 0 Å². The molecule has 2 aromatic rings. The average Bonchev–Trinajstić information content (AvgIpc) is 3.66. The summed E-state index contributed by atoms with van der Waals surface area (Å²) in [4.78, 5) is 36.0. The summed E-state index contributed by atoms with van der Waals surface area (Å²) in [6.45, 7) is 0.374. The van der Waals surface area contributed by atoms with Gasteiger partial charge in [-0.2, -0.15) is 13.2 Å². The summed E-state index contributed by atoms with van der Waals surface area (Å²) in [6, 6.07) is 0.0402. The first kappa shape index (κ1) is 22.6. The quantitative estimate of drug-likeness (QED) is 0.564. The van der Waals surface area contributed by atoms with Crippen LogP contribution in [0.1, 0.15) is 47.1 Å². The van der Waals surface area contributed by atoms with Gasteiger partial charge >= 0.3 is 18.1 Å². The van der Waals surface area contributed by atoms with Crippen LogP contribution in [0.15, 0.2) is 17.1 Å². The molecule has 1 aromatic carbocycles. The molecule has 3 atom stereocenters. The number of aromatic nitrogens is 1. The minimum atomic E-state index is -5.04. The van der Waals surface area contributed by atoms with Crippen molar-refractivity contribution in [2.75, 3.05) is 20.2 Å². The van der Waals surface area contributed by atoms with Crippen LogP contribution >= 0.6 is 0 Å². The minimum absolute atomic E-state index is 0.0608. The summed E-state index contributed by atoms with van der Waals surface area (Å²) >= 11 is 0. The van der Waals surface area contributed by atoms with Gasteiger partial charge in [-0.05, 0) is 25.3 Å². The third-order valence-electron chi connectivity index (χ3n) is 7.16. The largest absolute Gasteiger partial charge is 0.494 e. The molecule has 0 radical (unpaired) electrons. The Bertz CT molecular complexity index is 1290. The highest BCUT2D eigenvalue weighted by Crippen LogP contribution is 2.65. The van der Waals surface area contributed by atoms with Crippen molar-refractivity contribution in [3.63, 3.8) is 0 Å². The van der Waals surface area contributed by atoms with Crippen molar-refractivity contribution in [2.45, 2.75) is 43.4 Å². The fourth-order valence-electron chi connectivity index (χ4n) is 5.29. The van der Waals surface area contributed by atoms with E-state index in [2.05, 4.69) is 5.32 Å². The molecule has 12 heteroatoms. The van der Waals surface area contributed by atoms with Crippen molar-refractivity contribution < 1.29 is 37.0 Å². The molecular weight excluding hydrogens is 462 g/mol. The first-order chi connectivity index (χ1) is 16.0. The molecule has 5 rings (SSSR count). The molecule has 3 fully saturated rings. The lowest BCUT2D eigenvalue weighted by molar-refractivity contribution is -0.174. The monoisotopic (exact) mass is 483 g/mol. The van der Waals surface area contributed by atoms with Gasteiger partial charge < -0.3 is 25.0 Å². The van der Waals surface area contributed by atoms with Crippen molar-refractivity contribution in [3.05, 3.63) is 39.4 Å². The zero-order valence-corrected chi connectivity index (χ0v) is 18.0. The molecule has 2 saturated carbocycles. The molecule has 3 N–H and O–H groups in total. The first-order valence-corrected chi connectivity index (χ1v) is 10.8. The van der Waals surface area contributed by atoms with E-state index in [-0.39, 0.29) is 41.3 Å². The Morgan fingerprint density at radius 1 is 1.32 bits per heavy atom. The Balaban J connectivity index is 1.63. The summed E-state index contributed by atoms with van der Waals surface area (Å²) in [7, 11) is 1.30. The number of aromatic carboxylic acids is 1. The van der Waals surface area contributed by atoms with Crippen LogP contribution in [0.3, 0.4) is 0 Å². The van der Waals surface area contributed by atoms with E-state index < -0.39 is 52.2 Å². The van der Waals surface area contributed by atoms with Crippen LogP contribution in [0.25, 0.3) is 10.9 Å². The van der Waals surface area contributed by atoms with Crippen LogP contribution in [-0.2, 0) is 4.79 Å². The smallest absolute Gasteiger partial charge is 0.471 e. The van der Waals surface area contributed by atoms with Crippen molar-refractivity contribution in [1.29, 1.82) is 0 Å². The van der Waals surface area contributed by atoms with Gasteiger partial charge in [0.2, 0.25) is 5.43 Å². The van der Waals surface area contributed by atoms with Gasteiger partial charge in [0.25, 0.3) is 0 Å². The number of alkyl halides is 3. The molecule has 8 nitrogen and oxygen atoms in total. The highest BCUT2D eigenvalue weighted by atomic mass is 19.4. The standard InChI is InChI=1S/C22H21F4N3O5/c1-34-18-15(12-5-21(12)8-27-6-14(21)28-20(33)22(24,25)26)13(23)4-10-16(18)29(9-2-3-9)7-11(17(10)30)19(31)32/h4,7,9,12,14,27H,2-3,5-6,8H2,1H3,(H,28,33)(H,31,32). The second-order valence-electron chi connectivity index (χ2n) is 9.16. The van der Waals surface area contributed by atoms with Crippen LogP contribution in [-0.4, -0.2) is 54.0 Å². The zero-order valence-electron chi connectivity index (χ0n) is 18.0. The zero-order chi connectivity index (χ0) is 24.6. The number of nitrogens with zero attached hydrogens (tertiary/aromatic N) is 1. The minimum Gasteiger partial charge on any atom is -0.494 e. The van der Waals surface area contributed by atoms with Crippen molar-refractivity contribution in [1.82, 2.24) is 15.2 Å². The third-order valence-corrected chi connectivity index (χ3v) is 7.16. The lowest BCUT2D eigenvalue weighted by Gasteiger charge is -2.23. The Kier molecular flexibility index (Phi) is 4.94. The van der Waals surface area contributed by atoms with Gasteiger partial charge in [-0.25, -0.2) is 9.18 Å². The van der Waals surface area contributed by atoms with E-state index >= 15 is 4.39 Å². The summed E-state index contributed by atoms with van der Waals surface area (Å²) in [5.74, 6) is -4.79. The van der Waals surface area contributed by atoms with Crippen LogP contribution in [0.4, 0.5) is 17.6 Å². The normalized spacial score (nSPS) is 26.1. The third kappa shape index (κ3) is 3.34. The van der Waals surface area contributed by atoms with Gasteiger partial charge in [-0.3, -0.25) is 9.59 Å². The summed E-state index contributed by atoms with van der Waals surface area (Å²) < 4.78 is 61.1. The molecular formula is C22H21F4N3O5. The maximum absolute atomic E-state index is 15.5. The molecule has 3 unspecified atom stereocenters. The van der Waals surface area contributed by atoms with Crippen molar-refractivity contribution >= 4 is 22.8 Å². The SMILES string of the molecule is COc1c(C2CC23CNCC3NC(=O)C(F)(F)F)c(F)cc2c(=O)c(C(=O)O)cn(C3CC3)c12. The number of hydrogen-bond acceptors (Lipinski definition) is 5. The van der Waals surface area contributed by atoms with E-state index in [4.69, 9.17) is 4.74 Å². The first-order valence-electron chi connectivity index (χ1n) is 10.8. The molecule has 1 amide bonds. The fourth-order valence-corrected chi connectivity index (χ4v) is 5.29. The molecule has 34 heavy (non-hydrogen) atoms. The Hall–Kier alpha value is -3.15. The second-order valence-corrected chi connectivity index (χ2v) is 9.16. The average molecular weight is 483 g/mol. The number of pyridine rings is 1. The Labute approximate surface area is 189 Å². The van der Waals surface area contributed by atoms with Gasteiger partial charge in [0.05, 0.1) is 18.0 Å². The fraction of sp³-hybridized carbons (Fsp3) is 0.500. The number of halogens is 4. The number of carboxylic acid groups (broad SMARTS) is 1. The Morgan fingerprint density at radius 3 is 2.62 bits per heavy atom. The number of carbonyl (C=O) groups excluding carboxylic acids is 1. The Morgan fingerprint density at radius 2 is 2.03 bits per heavy atom. The summed E-state index contributed by atoms with van der Waals surface area (Å²) in [5.41, 5.74) is -1.78. The number of fused-ring (bicyclic) bond motifs is 1. The molecule has 2 heterocycles. The molecule has 1 aliphatic heterocycles. The maximum atomic E-state index is 15.5. The number of carbonyl (C=O) groups is 2. The van der Waals surface area contributed by atoms with E-state index in [1.165, 1.54) is 13.3 Å². The molecule has 1 saturated heterocycles. The molecule has 182 valence electrons. The van der Waals surface area contributed by atoms with Crippen LogP contribution < -0.4 is 20.8 Å². The number of hydrogen-bond donors (Lipinski definition) is 3. The predicted molar refractivity (Wildman–Crippen MR) is 111 cm³/mol. The highest BCUT2D eigenvalue weighted by molar-refractivity contribution is 5.95. The second kappa shape index (κ2) is 7.42. The number of benzene rings is 1. The van der Waals surface area contributed by atoms with E-state index in [0.717, 1.165) is 18.9 Å². The molecule has 3 aliphatic rings. The molecule has 1 spiro atoms. The van der Waals surface area contributed by atoms with E-state index in [0.29, 0.717) is 6.42 Å². The number of nitrogens with one attached hydrogen (secondary N) is 2. The summed E-state index contributed by atoms with van der Waals surface area (Å²) in [5, 5.41) is 14.3. The lowest BCUT2D eigenvalue weighted by atomic mass is 9.92. The number of carboxylic acids is 1. The lowest BCUT2D eigenvalue weighted by Crippen LogP contribution is -2.47. The van der Waals surface area contributed by atoms with Gasteiger partial charge in [-0.15, -0.1) is 0 Å². The van der Waals surface area contributed by atoms with Crippen LogP contribution in [0.5, 0.6) is 5.75 Å². The number of ether oxygens (including phenoxy) is 1. The van der Waals surface area contributed by atoms with Gasteiger partial charge in [0.15, 0.2) is 0 Å². The van der Waals surface area contributed by atoms with Crippen molar-refractivity contribution in [2.24, 2.45) is 5.41 Å².